The van der Waals surface area contributed by atoms with E-state index in [2.05, 4.69) is 5.32 Å². The van der Waals surface area contributed by atoms with Crippen molar-refractivity contribution in [2.75, 3.05) is 46.3 Å². The molecule has 1 heterocycles. The minimum atomic E-state index is -0.979. The first-order valence-corrected chi connectivity index (χ1v) is 11.1. The molecule has 3 N–H and O–H groups in total. The van der Waals surface area contributed by atoms with E-state index in [9.17, 15) is 19.5 Å². The molecule has 1 atom stereocenters. The number of carboxylic acid groups (broad SMARTS) is 1. The zero-order valence-corrected chi connectivity index (χ0v) is 19.2. The van der Waals surface area contributed by atoms with Crippen LogP contribution in [-0.2, 0) is 14.3 Å². The maximum Gasteiger partial charge on any atom is 0.407 e. The number of carbonyl (C=O) groups excluding carboxylic acids is 2. The normalized spacial score (nSPS) is 27.0. The van der Waals surface area contributed by atoms with E-state index in [1.54, 1.807) is 4.90 Å². The van der Waals surface area contributed by atoms with Gasteiger partial charge in [-0.25, -0.2) is 4.79 Å². The van der Waals surface area contributed by atoms with Crippen LogP contribution in [0.15, 0.2) is 0 Å². The number of nitrogens with zero attached hydrogens (tertiary/aromatic N) is 3. The summed E-state index contributed by atoms with van der Waals surface area (Å²) >= 11 is 0. The average molecular weight is 443 g/mol. The van der Waals surface area contributed by atoms with Crippen molar-refractivity contribution in [2.45, 2.75) is 64.3 Å². The van der Waals surface area contributed by atoms with E-state index in [4.69, 9.17) is 9.84 Å². The number of ether oxygens (including phenoxy) is 1. The molecule has 0 aromatic rings. The van der Waals surface area contributed by atoms with Crippen molar-refractivity contribution < 1.29 is 29.3 Å². The zero-order valence-electron chi connectivity index (χ0n) is 19.2. The minimum absolute atomic E-state index is 0.0587. The highest BCUT2D eigenvalue weighted by molar-refractivity contribution is 5.80. The van der Waals surface area contributed by atoms with Crippen LogP contribution in [0.2, 0.25) is 0 Å². The number of likely N-dealkylation sites (N-methyl/N-ethyl adjacent to an activating group) is 1. The molecule has 2 rings (SSSR count). The molecule has 1 unspecified atom stereocenters. The third kappa shape index (κ3) is 8.62. The van der Waals surface area contributed by atoms with Gasteiger partial charge in [-0.3, -0.25) is 14.5 Å². The van der Waals surface area contributed by atoms with Crippen LogP contribution >= 0.6 is 0 Å². The fourth-order valence-electron chi connectivity index (χ4n) is 3.90. The van der Waals surface area contributed by atoms with Crippen molar-refractivity contribution in [2.24, 2.45) is 5.92 Å². The number of carbonyl (C=O) groups is 3. The van der Waals surface area contributed by atoms with Crippen LogP contribution in [0, 0.1) is 5.92 Å². The maximum absolute atomic E-state index is 13.0. The van der Waals surface area contributed by atoms with E-state index in [0.29, 0.717) is 58.4 Å². The van der Waals surface area contributed by atoms with Gasteiger partial charge in [0.05, 0.1) is 6.54 Å². The SMILES string of the molecule is CN1CCC(O)N(CC(=O)O)CCCN(C(=O)C2CC(NC(=O)OC(C)(C)C)C2)CC1. The Morgan fingerprint density at radius 2 is 1.74 bits per heavy atom. The van der Waals surface area contributed by atoms with Crippen molar-refractivity contribution >= 4 is 18.0 Å². The lowest BCUT2D eigenvalue weighted by Crippen LogP contribution is -2.52. The number of hydrogen-bond donors (Lipinski definition) is 3. The third-order valence-electron chi connectivity index (χ3n) is 5.67. The second-order valence-corrected chi connectivity index (χ2v) is 9.63. The van der Waals surface area contributed by atoms with Gasteiger partial charge in [0.1, 0.15) is 11.8 Å². The number of alkyl carbamates (subject to hydrolysis) is 1. The molecule has 0 aromatic carbocycles. The van der Waals surface area contributed by atoms with E-state index in [1.165, 1.54) is 0 Å². The minimum Gasteiger partial charge on any atom is -0.480 e. The standard InChI is InChI=1S/C21H38N4O6/c1-21(2,3)31-20(30)22-16-12-15(13-16)19(29)24-7-5-8-25(14-18(27)28)17(26)6-9-23(4)10-11-24/h15-17,26H,5-14H2,1-4H3,(H,22,30)(H,27,28). The summed E-state index contributed by atoms with van der Waals surface area (Å²) < 4.78 is 5.26. The summed E-state index contributed by atoms with van der Waals surface area (Å²) in [7, 11) is 1.93. The second kappa shape index (κ2) is 11.1. The van der Waals surface area contributed by atoms with E-state index in [-0.39, 0.29) is 24.4 Å². The zero-order chi connectivity index (χ0) is 23.2. The summed E-state index contributed by atoms with van der Waals surface area (Å²) in [5, 5.41) is 22.3. The molecule has 1 saturated carbocycles. The smallest absolute Gasteiger partial charge is 0.407 e. The Kier molecular flexibility index (Phi) is 9.08. The van der Waals surface area contributed by atoms with Gasteiger partial charge in [0, 0.05) is 44.7 Å². The largest absolute Gasteiger partial charge is 0.480 e. The highest BCUT2D eigenvalue weighted by Crippen LogP contribution is 2.30. The van der Waals surface area contributed by atoms with E-state index < -0.39 is 23.9 Å². The molecule has 1 aliphatic carbocycles. The first-order valence-electron chi connectivity index (χ1n) is 11.1. The van der Waals surface area contributed by atoms with Crippen LogP contribution < -0.4 is 5.32 Å². The van der Waals surface area contributed by atoms with Crippen LogP contribution in [0.1, 0.15) is 46.5 Å². The lowest BCUT2D eigenvalue weighted by atomic mass is 9.79. The van der Waals surface area contributed by atoms with Gasteiger partial charge in [-0.1, -0.05) is 0 Å². The molecule has 10 nitrogen and oxygen atoms in total. The molecule has 0 bridgehead atoms. The van der Waals surface area contributed by atoms with Gasteiger partial charge in [0.15, 0.2) is 0 Å². The Labute approximate surface area is 184 Å². The van der Waals surface area contributed by atoms with Crippen LogP contribution in [0.4, 0.5) is 4.79 Å². The summed E-state index contributed by atoms with van der Waals surface area (Å²) in [4.78, 5) is 41.5. The van der Waals surface area contributed by atoms with Gasteiger partial charge in [-0.2, -0.15) is 0 Å². The number of nitrogens with one attached hydrogen (secondary N) is 1. The summed E-state index contributed by atoms with van der Waals surface area (Å²) in [6, 6.07) is -0.0587. The number of carboxylic acids is 1. The molecule has 1 aliphatic heterocycles. The molecule has 2 fully saturated rings. The monoisotopic (exact) mass is 442 g/mol. The molecule has 31 heavy (non-hydrogen) atoms. The number of rotatable bonds is 4. The second-order valence-electron chi connectivity index (χ2n) is 9.63. The Morgan fingerprint density at radius 1 is 1.06 bits per heavy atom. The lowest BCUT2D eigenvalue weighted by molar-refractivity contribution is -0.142. The predicted molar refractivity (Wildman–Crippen MR) is 114 cm³/mol. The fourth-order valence-corrected chi connectivity index (χ4v) is 3.90. The summed E-state index contributed by atoms with van der Waals surface area (Å²) in [5.74, 6) is -1.04. The van der Waals surface area contributed by atoms with E-state index >= 15 is 0 Å². The van der Waals surface area contributed by atoms with Gasteiger partial charge in [-0.05, 0) is 53.5 Å². The van der Waals surface area contributed by atoms with Crippen LogP contribution in [0.25, 0.3) is 0 Å². The Hall–Kier alpha value is -1.91. The lowest BCUT2D eigenvalue weighted by Gasteiger charge is -2.38. The average Bonchev–Trinajstić information content (AvgIpc) is 2.63. The number of aliphatic carboxylic acids is 1. The van der Waals surface area contributed by atoms with Crippen LogP contribution in [0.5, 0.6) is 0 Å². The predicted octanol–water partition coefficient (Wildman–Crippen LogP) is 0.549. The molecule has 0 spiro atoms. The topological polar surface area (TPSA) is 123 Å². The number of amides is 2. The van der Waals surface area contributed by atoms with Crippen LogP contribution in [-0.4, -0.2) is 107 Å². The third-order valence-corrected chi connectivity index (χ3v) is 5.67. The van der Waals surface area contributed by atoms with Crippen molar-refractivity contribution in [1.82, 2.24) is 20.0 Å². The molecular formula is C21H38N4O6. The first kappa shape index (κ1) is 25.4. The number of hydrogen-bond acceptors (Lipinski definition) is 7. The van der Waals surface area contributed by atoms with E-state index in [0.717, 1.165) is 0 Å². The molecule has 10 heteroatoms. The van der Waals surface area contributed by atoms with Gasteiger partial charge < -0.3 is 30.1 Å². The molecule has 2 aliphatic rings. The molecule has 2 amide bonds. The Bertz CT molecular complexity index is 632. The quantitative estimate of drug-likeness (QED) is 0.577. The van der Waals surface area contributed by atoms with Crippen molar-refractivity contribution in [3.8, 4) is 0 Å². The van der Waals surface area contributed by atoms with Gasteiger partial charge >= 0.3 is 12.1 Å². The number of aliphatic hydroxyl groups excluding tert-OH is 1. The van der Waals surface area contributed by atoms with Crippen molar-refractivity contribution in [1.29, 1.82) is 0 Å². The Balaban J connectivity index is 1.88. The maximum atomic E-state index is 13.0. The molecule has 0 aromatic heterocycles. The van der Waals surface area contributed by atoms with Gasteiger partial charge in [-0.15, -0.1) is 0 Å². The van der Waals surface area contributed by atoms with Crippen molar-refractivity contribution in [3.63, 3.8) is 0 Å². The van der Waals surface area contributed by atoms with Gasteiger partial charge in [0.2, 0.25) is 5.91 Å². The Morgan fingerprint density at radius 3 is 2.35 bits per heavy atom. The van der Waals surface area contributed by atoms with Gasteiger partial charge in [0.25, 0.3) is 0 Å². The molecular weight excluding hydrogens is 404 g/mol. The summed E-state index contributed by atoms with van der Waals surface area (Å²) in [5.41, 5.74) is -0.558. The van der Waals surface area contributed by atoms with E-state index in [1.807, 2.05) is 37.6 Å². The van der Waals surface area contributed by atoms with Crippen molar-refractivity contribution in [3.05, 3.63) is 0 Å². The molecule has 178 valence electrons. The highest BCUT2D eigenvalue weighted by Gasteiger charge is 2.38. The summed E-state index contributed by atoms with van der Waals surface area (Å²) in [6.07, 6.45) is 0.956. The van der Waals surface area contributed by atoms with Crippen LogP contribution in [0.3, 0.4) is 0 Å². The molecule has 1 saturated heterocycles. The highest BCUT2D eigenvalue weighted by atomic mass is 16.6. The molecule has 0 radical (unpaired) electrons. The fraction of sp³-hybridized carbons (Fsp3) is 0.857. The summed E-state index contributed by atoms with van der Waals surface area (Å²) in [6.45, 7) is 8.01. The first-order chi connectivity index (χ1) is 14.4. The number of aliphatic hydroxyl groups is 1.